The van der Waals surface area contributed by atoms with Gasteiger partial charge in [0.2, 0.25) is 11.8 Å². The molecule has 2 atom stereocenters. The molecular formula is C21H26N4O4S. The van der Waals surface area contributed by atoms with Crippen LogP contribution in [0.25, 0.3) is 0 Å². The van der Waals surface area contributed by atoms with Crippen LogP contribution < -0.4 is 0 Å². The van der Waals surface area contributed by atoms with E-state index in [-0.39, 0.29) is 30.4 Å². The van der Waals surface area contributed by atoms with E-state index in [0.29, 0.717) is 45.9 Å². The van der Waals surface area contributed by atoms with Gasteiger partial charge in [0, 0.05) is 31.3 Å². The Bertz CT molecular complexity index is 869. The van der Waals surface area contributed by atoms with Crippen molar-refractivity contribution in [3.05, 3.63) is 46.2 Å². The molecule has 0 bridgehead atoms. The second-order valence-corrected chi connectivity index (χ2v) is 8.73. The lowest BCUT2D eigenvalue weighted by Gasteiger charge is -2.25. The van der Waals surface area contributed by atoms with Gasteiger partial charge >= 0.3 is 0 Å². The number of carbonyl (C=O) groups excluding carboxylic acids is 2. The summed E-state index contributed by atoms with van der Waals surface area (Å²) in [6.45, 7) is 4.55. The number of thiazole rings is 1. The summed E-state index contributed by atoms with van der Waals surface area (Å²) < 4.78 is 11.5. The molecule has 0 aliphatic carbocycles. The van der Waals surface area contributed by atoms with Gasteiger partial charge in [-0.15, -0.1) is 11.3 Å². The summed E-state index contributed by atoms with van der Waals surface area (Å²) in [5, 5.41) is 2.93. The second-order valence-electron chi connectivity index (χ2n) is 7.67. The Balaban J connectivity index is 1.48. The van der Waals surface area contributed by atoms with Crippen LogP contribution in [0.15, 0.2) is 29.8 Å². The summed E-state index contributed by atoms with van der Waals surface area (Å²) in [4.78, 5) is 38.1. The van der Waals surface area contributed by atoms with Gasteiger partial charge in [-0.3, -0.25) is 14.6 Å². The zero-order valence-corrected chi connectivity index (χ0v) is 17.8. The van der Waals surface area contributed by atoms with Crippen molar-refractivity contribution < 1.29 is 19.1 Å². The van der Waals surface area contributed by atoms with Crippen molar-refractivity contribution in [3.63, 3.8) is 0 Å². The van der Waals surface area contributed by atoms with Crippen molar-refractivity contribution in [3.8, 4) is 0 Å². The molecule has 160 valence electrons. The van der Waals surface area contributed by atoms with Gasteiger partial charge in [0.05, 0.1) is 54.7 Å². The highest BCUT2D eigenvalue weighted by atomic mass is 32.1. The highest BCUT2D eigenvalue weighted by molar-refractivity contribution is 7.09. The number of nitrogens with zero attached hydrogens (tertiary/aromatic N) is 4. The zero-order chi connectivity index (χ0) is 20.9. The Labute approximate surface area is 179 Å². The summed E-state index contributed by atoms with van der Waals surface area (Å²) >= 11 is 1.56. The molecule has 2 aromatic heterocycles. The molecule has 0 unspecified atom stereocenters. The third-order valence-corrected chi connectivity index (χ3v) is 6.15. The van der Waals surface area contributed by atoms with Gasteiger partial charge in [-0.25, -0.2) is 4.98 Å². The lowest BCUT2D eigenvalue weighted by atomic mass is 10.1. The fourth-order valence-corrected chi connectivity index (χ4v) is 4.36. The molecular weight excluding hydrogens is 404 g/mol. The molecule has 4 rings (SSSR count). The predicted molar refractivity (Wildman–Crippen MR) is 111 cm³/mol. The molecule has 2 aromatic rings. The van der Waals surface area contributed by atoms with E-state index in [1.165, 1.54) is 0 Å². The minimum atomic E-state index is -0.301. The molecule has 30 heavy (non-hydrogen) atoms. The van der Waals surface area contributed by atoms with Gasteiger partial charge in [-0.1, -0.05) is 6.07 Å². The molecule has 0 radical (unpaired) electrons. The van der Waals surface area contributed by atoms with Gasteiger partial charge in [0.25, 0.3) is 0 Å². The van der Waals surface area contributed by atoms with E-state index >= 15 is 0 Å². The van der Waals surface area contributed by atoms with Crippen LogP contribution >= 0.6 is 11.3 Å². The number of carbonyl (C=O) groups is 2. The lowest BCUT2D eigenvalue weighted by Crippen LogP contribution is -2.43. The fourth-order valence-electron chi connectivity index (χ4n) is 3.76. The van der Waals surface area contributed by atoms with E-state index in [2.05, 4.69) is 9.97 Å². The van der Waals surface area contributed by atoms with Crippen LogP contribution in [-0.2, 0) is 32.2 Å². The molecule has 9 heteroatoms. The molecule has 2 fully saturated rings. The largest absolute Gasteiger partial charge is 0.381 e. The number of aryl methyl sites for hydroxylation is 1. The average molecular weight is 431 g/mol. The number of pyridine rings is 1. The molecule has 2 amide bonds. The number of hydrogen-bond donors (Lipinski definition) is 0. The topological polar surface area (TPSA) is 84.9 Å². The highest BCUT2D eigenvalue weighted by Crippen LogP contribution is 2.20. The highest BCUT2D eigenvalue weighted by Gasteiger charge is 2.35. The first-order chi connectivity index (χ1) is 14.6. The summed E-state index contributed by atoms with van der Waals surface area (Å²) in [6, 6.07) is 5.67. The van der Waals surface area contributed by atoms with Crippen molar-refractivity contribution in [1.82, 2.24) is 19.8 Å². The Morgan fingerprint density at radius 1 is 1.33 bits per heavy atom. The quantitative estimate of drug-likeness (QED) is 0.693. The zero-order valence-electron chi connectivity index (χ0n) is 17.0. The SMILES string of the molecule is Cc1nc(CN2C[C@H](OCc3ccccn3)CN(C(=O)[C@@H]3CCOC3)CC2=O)cs1. The molecule has 2 aliphatic rings. The Morgan fingerprint density at radius 3 is 2.93 bits per heavy atom. The molecule has 0 saturated carbocycles. The number of aromatic nitrogens is 2. The third-order valence-electron chi connectivity index (χ3n) is 5.33. The average Bonchev–Trinajstić information content (AvgIpc) is 3.40. The van der Waals surface area contributed by atoms with E-state index in [1.54, 1.807) is 27.3 Å². The molecule has 0 aromatic carbocycles. The van der Waals surface area contributed by atoms with Crippen LogP contribution in [0.2, 0.25) is 0 Å². The standard InChI is InChI=1S/C21H26N4O4S/c1-15-23-18(14-30-15)8-24-9-19(29-13-17-4-2-3-6-22-17)10-25(11-20(24)26)21(27)16-5-7-28-12-16/h2-4,6,14,16,19H,5,7-13H2,1H3/t16-,19+/m1/s1. The van der Waals surface area contributed by atoms with Gasteiger partial charge in [0.15, 0.2) is 0 Å². The van der Waals surface area contributed by atoms with E-state index in [1.807, 2.05) is 30.5 Å². The number of ether oxygens (including phenoxy) is 2. The van der Waals surface area contributed by atoms with Crippen molar-refractivity contribution in [2.24, 2.45) is 5.92 Å². The maximum atomic E-state index is 13.0. The van der Waals surface area contributed by atoms with Crippen LogP contribution in [0.1, 0.15) is 22.8 Å². The Kier molecular flexibility index (Phi) is 6.71. The van der Waals surface area contributed by atoms with Gasteiger partial charge in [-0.05, 0) is 25.5 Å². The summed E-state index contributed by atoms with van der Waals surface area (Å²) in [5.74, 6) is -0.294. The maximum absolute atomic E-state index is 13.0. The van der Waals surface area contributed by atoms with Crippen molar-refractivity contribution in [2.75, 3.05) is 32.8 Å². The normalized spacial score (nSPS) is 22.4. The fraction of sp³-hybridized carbons (Fsp3) is 0.524. The third kappa shape index (κ3) is 5.21. The van der Waals surface area contributed by atoms with Crippen molar-refractivity contribution in [1.29, 1.82) is 0 Å². The van der Waals surface area contributed by atoms with Crippen molar-refractivity contribution >= 4 is 23.2 Å². The first kappa shape index (κ1) is 20.9. The molecule has 2 saturated heterocycles. The second kappa shape index (κ2) is 9.63. The van der Waals surface area contributed by atoms with E-state index < -0.39 is 0 Å². The van der Waals surface area contributed by atoms with Crippen LogP contribution in [0.5, 0.6) is 0 Å². The smallest absolute Gasteiger partial charge is 0.242 e. The number of rotatable bonds is 6. The number of hydrogen-bond acceptors (Lipinski definition) is 7. The Morgan fingerprint density at radius 2 is 2.23 bits per heavy atom. The minimum absolute atomic E-state index is 0.0290. The summed E-state index contributed by atoms with van der Waals surface area (Å²) in [7, 11) is 0. The minimum Gasteiger partial charge on any atom is -0.381 e. The summed E-state index contributed by atoms with van der Waals surface area (Å²) in [5.41, 5.74) is 1.68. The van der Waals surface area contributed by atoms with Gasteiger partial charge in [-0.2, -0.15) is 0 Å². The first-order valence-corrected chi connectivity index (χ1v) is 11.0. The van der Waals surface area contributed by atoms with Gasteiger partial charge in [0.1, 0.15) is 0 Å². The number of amides is 2. The van der Waals surface area contributed by atoms with Crippen LogP contribution in [0.3, 0.4) is 0 Å². The predicted octanol–water partition coefficient (Wildman–Crippen LogP) is 1.64. The van der Waals surface area contributed by atoms with Crippen LogP contribution in [0, 0.1) is 12.8 Å². The summed E-state index contributed by atoms with van der Waals surface area (Å²) in [6.07, 6.45) is 2.12. The van der Waals surface area contributed by atoms with Gasteiger partial charge < -0.3 is 19.3 Å². The first-order valence-electron chi connectivity index (χ1n) is 10.2. The Hall–Kier alpha value is -2.36. The lowest BCUT2D eigenvalue weighted by molar-refractivity contribution is -0.141. The molecule has 0 N–H and O–H groups in total. The van der Waals surface area contributed by atoms with E-state index in [4.69, 9.17) is 9.47 Å². The van der Waals surface area contributed by atoms with E-state index in [0.717, 1.165) is 16.4 Å². The van der Waals surface area contributed by atoms with Crippen LogP contribution in [0.4, 0.5) is 0 Å². The molecule has 8 nitrogen and oxygen atoms in total. The molecule has 2 aliphatic heterocycles. The molecule has 4 heterocycles. The van der Waals surface area contributed by atoms with Crippen LogP contribution in [-0.4, -0.2) is 70.5 Å². The molecule has 0 spiro atoms. The monoisotopic (exact) mass is 430 g/mol. The van der Waals surface area contributed by atoms with Crippen molar-refractivity contribution in [2.45, 2.75) is 32.6 Å². The maximum Gasteiger partial charge on any atom is 0.242 e. The van der Waals surface area contributed by atoms with E-state index in [9.17, 15) is 9.59 Å².